The molecule has 74 valence electrons. The van der Waals surface area contributed by atoms with Gasteiger partial charge in [0.25, 0.3) is 0 Å². The lowest BCUT2D eigenvalue weighted by Gasteiger charge is -2.02. The van der Waals surface area contributed by atoms with E-state index in [0.717, 1.165) is 0 Å². The lowest BCUT2D eigenvalue weighted by Crippen LogP contribution is -2.02. The molecule has 2 rings (SSSR count). The maximum Gasteiger partial charge on any atom is 0.129 e. The number of benzene rings is 1. The van der Waals surface area contributed by atoms with Gasteiger partial charge in [0.1, 0.15) is 5.82 Å². The molecule has 0 radical (unpaired) electrons. The second-order valence-electron chi connectivity index (χ2n) is 3.02. The average molecular weight is 202 g/mol. The van der Waals surface area contributed by atoms with Crippen LogP contribution in [0.15, 0.2) is 30.6 Å². The van der Waals surface area contributed by atoms with Crippen LogP contribution in [0.4, 0.5) is 4.39 Å². The molecule has 1 aromatic carbocycles. The van der Waals surface area contributed by atoms with Gasteiger partial charge in [-0.1, -0.05) is 11.3 Å². The Hall–Kier alpha value is -2.22. The zero-order valence-electron chi connectivity index (χ0n) is 7.76. The molecule has 0 aliphatic carbocycles. The van der Waals surface area contributed by atoms with E-state index in [1.165, 1.54) is 16.9 Å². The van der Waals surface area contributed by atoms with Crippen molar-refractivity contribution in [2.45, 2.75) is 6.54 Å². The van der Waals surface area contributed by atoms with Gasteiger partial charge in [-0.15, -0.1) is 5.10 Å². The fourth-order valence-corrected chi connectivity index (χ4v) is 1.24. The van der Waals surface area contributed by atoms with Crippen LogP contribution in [-0.4, -0.2) is 15.0 Å². The van der Waals surface area contributed by atoms with Gasteiger partial charge in [-0.25, -0.2) is 9.07 Å². The molecule has 0 saturated heterocycles. The Balaban J connectivity index is 2.27. The molecule has 0 unspecified atom stereocenters. The van der Waals surface area contributed by atoms with Crippen LogP contribution in [0.2, 0.25) is 0 Å². The summed E-state index contributed by atoms with van der Waals surface area (Å²) in [7, 11) is 0. The fraction of sp³-hybridized carbons (Fsp3) is 0.100. The smallest absolute Gasteiger partial charge is 0.129 e. The molecule has 0 aliphatic heterocycles. The molecule has 0 spiro atoms. The maximum absolute atomic E-state index is 13.4. The zero-order valence-corrected chi connectivity index (χ0v) is 7.76. The minimum atomic E-state index is -0.399. The van der Waals surface area contributed by atoms with Crippen LogP contribution in [0, 0.1) is 17.1 Å². The summed E-state index contributed by atoms with van der Waals surface area (Å²) in [6.45, 7) is 0.317. The second-order valence-corrected chi connectivity index (χ2v) is 3.02. The van der Waals surface area contributed by atoms with Crippen LogP contribution >= 0.6 is 0 Å². The van der Waals surface area contributed by atoms with Crippen molar-refractivity contribution >= 4 is 0 Å². The average Bonchev–Trinajstić information content (AvgIpc) is 2.74. The predicted molar refractivity (Wildman–Crippen MR) is 50.2 cm³/mol. The quantitative estimate of drug-likeness (QED) is 0.738. The molecule has 5 heteroatoms. The molecule has 0 atom stereocenters. The molecular formula is C10H7FN4. The van der Waals surface area contributed by atoms with Gasteiger partial charge in [0.15, 0.2) is 0 Å². The summed E-state index contributed by atoms with van der Waals surface area (Å²) in [6, 6.07) is 6.25. The highest BCUT2D eigenvalue weighted by Gasteiger charge is 2.04. The van der Waals surface area contributed by atoms with Crippen LogP contribution in [-0.2, 0) is 6.54 Å². The van der Waals surface area contributed by atoms with E-state index < -0.39 is 5.82 Å². The molecule has 15 heavy (non-hydrogen) atoms. The monoisotopic (exact) mass is 202 g/mol. The van der Waals surface area contributed by atoms with E-state index in [-0.39, 0.29) is 0 Å². The molecule has 4 nitrogen and oxygen atoms in total. The van der Waals surface area contributed by atoms with Gasteiger partial charge in [0, 0.05) is 11.8 Å². The number of nitrogens with zero attached hydrogens (tertiary/aromatic N) is 4. The molecule has 1 heterocycles. The number of rotatable bonds is 2. The number of aromatic nitrogens is 3. The van der Waals surface area contributed by atoms with E-state index in [1.54, 1.807) is 18.3 Å². The van der Waals surface area contributed by atoms with Crippen molar-refractivity contribution in [1.29, 1.82) is 5.26 Å². The molecule has 0 bridgehead atoms. The summed E-state index contributed by atoms with van der Waals surface area (Å²) < 4.78 is 14.9. The van der Waals surface area contributed by atoms with Gasteiger partial charge in [0.05, 0.1) is 24.4 Å². The number of hydrogen-bond acceptors (Lipinski definition) is 3. The van der Waals surface area contributed by atoms with E-state index in [1.807, 2.05) is 6.07 Å². The first-order chi connectivity index (χ1) is 7.29. The maximum atomic E-state index is 13.4. The van der Waals surface area contributed by atoms with E-state index in [0.29, 0.717) is 17.7 Å². The molecule has 0 saturated carbocycles. The first-order valence-corrected chi connectivity index (χ1v) is 4.32. The van der Waals surface area contributed by atoms with Crippen molar-refractivity contribution < 1.29 is 4.39 Å². The Morgan fingerprint density at radius 1 is 1.47 bits per heavy atom. The minimum Gasteiger partial charge on any atom is -0.248 e. The summed E-state index contributed by atoms with van der Waals surface area (Å²) >= 11 is 0. The SMILES string of the molecule is N#Cc1ccc(Cn2ccnn2)c(F)c1. The summed E-state index contributed by atoms with van der Waals surface area (Å²) in [5, 5.41) is 15.9. The fourth-order valence-electron chi connectivity index (χ4n) is 1.24. The zero-order chi connectivity index (χ0) is 10.7. The summed E-state index contributed by atoms with van der Waals surface area (Å²) in [4.78, 5) is 0. The molecule has 0 amide bonds. The van der Waals surface area contributed by atoms with Crippen LogP contribution in [0.25, 0.3) is 0 Å². The molecule has 1 aromatic heterocycles. The van der Waals surface area contributed by atoms with Crippen LogP contribution in [0.3, 0.4) is 0 Å². The molecule has 0 fully saturated rings. The first kappa shape index (κ1) is 9.34. The van der Waals surface area contributed by atoms with Gasteiger partial charge >= 0.3 is 0 Å². The Morgan fingerprint density at radius 3 is 2.93 bits per heavy atom. The third-order valence-corrected chi connectivity index (χ3v) is 1.99. The molecule has 0 N–H and O–H groups in total. The van der Waals surface area contributed by atoms with E-state index >= 15 is 0 Å². The van der Waals surface area contributed by atoms with Gasteiger partial charge in [-0.05, 0) is 12.1 Å². The summed E-state index contributed by atoms with van der Waals surface area (Å²) in [6.07, 6.45) is 3.18. The van der Waals surface area contributed by atoms with Crippen molar-refractivity contribution in [2.24, 2.45) is 0 Å². The minimum absolute atomic E-state index is 0.315. The van der Waals surface area contributed by atoms with Crippen molar-refractivity contribution in [3.8, 4) is 6.07 Å². The van der Waals surface area contributed by atoms with Crippen molar-refractivity contribution in [3.05, 3.63) is 47.5 Å². The third-order valence-electron chi connectivity index (χ3n) is 1.99. The van der Waals surface area contributed by atoms with E-state index in [4.69, 9.17) is 5.26 Å². The number of nitriles is 1. The summed E-state index contributed by atoms with van der Waals surface area (Å²) in [5.41, 5.74) is 0.800. The van der Waals surface area contributed by atoms with Gasteiger partial charge in [0.2, 0.25) is 0 Å². The third kappa shape index (κ3) is 1.99. The van der Waals surface area contributed by atoms with E-state index in [9.17, 15) is 4.39 Å². The van der Waals surface area contributed by atoms with Crippen LogP contribution < -0.4 is 0 Å². The number of hydrogen-bond donors (Lipinski definition) is 0. The topological polar surface area (TPSA) is 54.5 Å². The Kier molecular flexibility index (Phi) is 2.42. The highest BCUT2D eigenvalue weighted by Crippen LogP contribution is 2.10. The number of halogens is 1. The Labute approximate surface area is 85.6 Å². The van der Waals surface area contributed by atoms with Crippen LogP contribution in [0.5, 0.6) is 0 Å². The summed E-state index contributed by atoms with van der Waals surface area (Å²) in [5.74, 6) is -0.399. The molecule has 2 aromatic rings. The Morgan fingerprint density at radius 2 is 2.33 bits per heavy atom. The largest absolute Gasteiger partial charge is 0.248 e. The molecular weight excluding hydrogens is 195 g/mol. The van der Waals surface area contributed by atoms with E-state index in [2.05, 4.69) is 10.3 Å². The highest BCUT2D eigenvalue weighted by molar-refractivity contribution is 5.32. The standard InChI is InChI=1S/C10H7FN4/c11-10-5-8(6-12)1-2-9(10)7-15-4-3-13-14-15/h1-5H,7H2. The normalized spacial score (nSPS) is 9.87. The van der Waals surface area contributed by atoms with Gasteiger partial charge in [-0.2, -0.15) is 5.26 Å². The Bertz CT molecular complexity index is 499. The van der Waals surface area contributed by atoms with Crippen molar-refractivity contribution in [2.75, 3.05) is 0 Å². The predicted octanol–water partition coefficient (Wildman–Crippen LogP) is 1.34. The van der Waals surface area contributed by atoms with Gasteiger partial charge in [-0.3, -0.25) is 0 Å². The molecule has 0 aliphatic rings. The van der Waals surface area contributed by atoms with Crippen molar-refractivity contribution in [3.63, 3.8) is 0 Å². The second kappa shape index (κ2) is 3.88. The highest BCUT2D eigenvalue weighted by atomic mass is 19.1. The first-order valence-electron chi connectivity index (χ1n) is 4.32. The van der Waals surface area contributed by atoms with Gasteiger partial charge < -0.3 is 0 Å². The lowest BCUT2D eigenvalue weighted by atomic mass is 10.1. The van der Waals surface area contributed by atoms with Crippen molar-refractivity contribution in [1.82, 2.24) is 15.0 Å². The lowest BCUT2D eigenvalue weighted by molar-refractivity contribution is 0.576. The van der Waals surface area contributed by atoms with Crippen LogP contribution in [0.1, 0.15) is 11.1 Å².